The van der Waals surface area contributed by atoms with Gasteiger partial charge in [0.2, 0.25) is 0 Å². The summed E-state index contributed by atoms with van der Waals surface area (Å²) in [7, 11) is 0. The maximum atomic E-state index is 4.76. The van der Waals surface area contributed by atoms with Crippen LogP contribution in [0, 0.1) is 0 Å². The van der Waals surface area contributed by atoms with Gasteiger partial charge in [0.25, 0.3) is 0 Å². The zero-order valence-electron chi connectivity index (χ0n) is 29.9. The van der Waals surface area contributed by atoms with E-state index in [0.29, 0.717) is 0 Å². The molecule has 0 N–H and O–H groups in total. The minimum absolute atomic E-state index is 1.06. The average molecular weight is 716 g/mol. The summed E-state index contributed by atoms with van der Waals surface area (Å²) in [6, 6.07) is 71.0. The molecule has 0 radical (unpaired) electrons. The van der Waals surface area contributed by atoms with Gasteiger partial charge < -0.3 is 0 Å². The first-order valence-corrected chi connectivity index (χ1v) is 19.6. The lowest BCUT2D eigenvalue weighted by molar-refractivity contribution is 1.43. The Hall–Kier alpha value is -6.87. The summed E-state index contributed by atoms with van der Waals surface area (Å²) >= 11 is 1.88. The Balaban J connectivity index is 0.936. The maximum Gasteiger partial charge on any atom is 0.0786 e. The molecular formula is C53H33NS. The van der Waals surface area contributed by atoms with Gasteiger partial charge in [-0.15, -0.1) is 11.3 Å². The van der Waals surface area contributed by atoms with Crippen molar-refractivity contribution in [2.75, 3.05) is 0 Å². The number of fused-ring (bicyclic) bond motifs is 9. The van der Waals surface area contributed by atoms with E-state index in [4.69, 9.17) is 4.98 Å². The molecule has 1 nitrogen and oxygen atoms in total. The van der Waals surface area contributed by atoms with E-state index in [2.05, 4.69) is 188 Å². The first-order chi connectivity index (χ1) is 27.2. The zero-order valence-corrected chi connectivity index (χ0v) is 30.7. The van der Waals surface area contributed by atoms with Crippen LogP contribution in [0.25, 0.3) is 108 Å². The first kappa shape index (κ1) is 31.6. The smallest absolute Gasteiger partial charge is 0.0786 e. The summed E-state index contributed by atoms with van der Waals surface area (Å²) in [5.41, 5.74) is 13.2. The fourth-order valence-electron chi connectivity index (χ4n) is 8.42. The molecule has 0 atom stereocenters. The fourth-order valence-corrected chi connectivity index (χ4v) is 9.66. The van der Waals surface area contributed by atoms with Crippen molar-refractivity contribution in [2.45, 2.75) is 0 Å². The molecule has 2 heterocycles. The van der Waals surface area contributed by atoms with Crippen LogP contribution in [0.1, 0.15) is 0 Å². The van der Waals surface area contributed by atoms with Crippen LogP contribution in [0.4, 0.5) is 0 Å². The molecule has 9 aromatic carbocycles. The number of hydrogen-bond acceptors (Lipinski definition) is 2. The molecular weight excluding hydrogens is 683 g/mol. The molecule has 2 aromatic heterocycles. The third-order valence-corrected chi connectivity index (χ3v) is 12.3. The second-order valence-corrected chi connectivity index (χ2v) is 15.4. The van der Waals surface area contributed by atoms with Crippen molar-refractivity contribution < 1.29 is 0 Å². The van der Waals surface area contributed by atoms with Gasteiger partial charge in [-0.3, -0.25) is 4.98 Å². The van der Waals surface area contributed by atoms with E-state index in [0.717, 1.165) is 5.52 Å². The summed E-state index contributed by atoms with van der Waals surface area (Å²) in [6.45, 7) is 0. The average Bonchev–Trinajstić information content (AvgIpc) is 3.66. The fraction of sp³-hybridized carbons (Fsp3) is 0. The molecule has 11 rings (SSSR count). The standard InChI is InChI=1S/C53H33NS/c1-2-21-47-44(19-1)50-33-41(26-27-45(50)48-24-10-28-54-52(47)48)39-16-7-14-37(31-39)35-12-5-11-34(29-35)36-13-6-15-38(30-36)40-17-8-18-42(32-40)43-22-9-23-49-46-20-3-4-25-51(46)55-53(43)49/h1-33H. The van der Waals surface area contributed by atoms with Gasteiger partial charge in [-0.05, 0) is 114 Å². The predicted octanol–water partition coefficient (Wildman–Crippen LogP) is 15.2. The quantitative estimate of drug-likeness (QED) is 0.162. The Morgan fingerprint density at radius 2 is 0.745 bits per heavy atom. The van der Waals surface area contributed by atoms with Crippen LogP contribution >= 0.6 is 11.3 Å². The molecule has 0 saturated carbocycles. The van der Waals surface area contributed by atoms with Crippen LogP contribution in [-0.2, 0) is 0 Å². The van der Waals surface area contributed by atoms with Crippen molar-refractivity contribution in [2.24, 2.45) is 0 Å². The van der Waals surface area contributed by atoms with Crippen molar-refractivity contribution in [3.8, 4) is 55.6 Å². The molecule has 0 aliphatic heterocycles. The van der Waals surface area contributed by atoms with E-state index < -0.39 is 0 Å². The second kappa shape index (κ2) is 12.9. The van der Waals surface area contributed by atoms with Crippen LogP contribution in [0.3, 0.4) is 0 Å². The maximum absolute atomic E-state index is 4.76. The lowest BCUT2D eigenvalue weighted by Crippen LogP contribution is -1.87. The molecule has 0 amide bonds. The molecule has 256 valence electrons. The number of hydrogen-bond donors (Lipinski definition) is 0. The molecule has 0 aliphatic rings. The molecule has 0 saturated heterocycles. The molecule has 0 fully saturated rings. The highest BCUT2D eigenvalue weighted by molar-refractivity contribution is 7.26. The van der Waals surface area contributed by atoms with Gasteiger partial charge in [-0.2, -0.15) is 0 Å². The lowest BCUT2D eigenvalue weighted by Gasteiger charge is -2.12. The Morgan fingerprint density at radius 1 is 0.291 bits per heavy atom. The molecule has 0 aliphatic carbocycles. The number of nitrogens with zero attached hydrogens (tertiary/aromatic N) is 1. The monoisotopic (exact) mass is 715 g/mol. The normalized spacial score (nSPS) is 11.6. The minimum Gasteiger partial charge on any atom is -0.256 e. The topological polar surface area (TPSA) is 12.9 Å². The van der Waals surface area contributed by atoms with E-state index in [1.807, 2.05) is 23.6 Å². The van der Waals surface area contributed by atoms with Crippen molar-refractivity contribution >= 4 is 64.0 Å². The number of rotatable bonds is 5. The molecule has 0 spiro atoms. The summed E-state index contributed by atoms with van der Waals surface area (Å²) in [5, 5.41) is 8.76. The predicted molar refractivity (Wildman–Crippen MR) is 237 cm³/mol. The Labute approximate surface area is 323 Å². The van der Waals surface area contributed by atoms with E-state index in [-0.39, 0.29) is 0 Å². The van der Waals surface area contributed by atoms with Crippen LogP contribution in [0.5, 0.6) is 0 Å². The Morgan fingerprint density at radius 3 is 1.38 bits per heavy atom. The van der Waals surface area contributed by atoms with Gasteiger partial charge in [-0.25, -0.2) is 0 Å². The molecule has 55 heavy (non-hydrogen) atoms. The highest BCUT2D eigenvalue weighted by Gasteiger charge is 2.13. The molecule has 2 heteroatoms. The zero-order chi connectivity index (χ0) is 36.3. The van der Waals surface area contributed by atoms with Crippen LogP contribution in [-0.4, -0.2) is 4.98 Å². The number of aromatic nitrogens is 1. The van der Waals surface area contributed by atoms with E-state index in [9.17, 15) is 0 Å². The number of benzene rings is 9. The Bertz CT molecular complexity index is 3240. The van der Waals surface area contributed by atoms with Gasteiger partial charge in [0.05, 0.1) is 5.52 Å². The van der Waals surface area contributed by atoms with Gasteiger partial charge in [0.15, 0.2) is 0 Å². The van der Waals surface area contributed by atoms with E-state index in [1.54, 1.807) is 0 Å². The van der Waals surface area contributed by atoms with Gasteiger partial charge in [-0.1, -0.05) is 152 Å². The summed E-state index contributed by atoms with van der Waals surface area (Å²) in [6.07, 6.45) is 1.89. The summed E-state index contributed by atoms with van der Waals surface area (Å²) in [5.74, 6) is 0. The van der Waals surface area contributed by atoms with Crippen molar-refractivity contribution in [3.05, 3.63) is 200 Å². The minimum atomic E-state index is 1.06. The largest absolute Gasteiger partial charge is 0.256 e. The van der Waals surface area contributed by atoms with Crippen molar-refractivity contribution in [3.63, 3.8) is 0 Å². The highest BCUT2D eigenvalue weighted by Crippen LogP contribution is 2.41. The first-order valence-electron chi connectivity index (χ1n) is 18.8. The summed E-state index contributed by atoms with van der Waals surface area (Å²) in [4.78, 5) is 4.76. The van der Waals surface area contributed by atoms with Gasteiger partial charge >= 0.3 is 0 Å². The van der Waals surface area contributed by atoms with Crippen LogP contribution in [0.15, 0.2) is 200 Å². The Kier molecular flexibility index (Phi) is 7.43. The van der Waals surface area contributed by atoms with Crippen molar-refractivity contribution in [1.29, 1.82) is 0 Å². The van der Waals surface area contributed by atoms with Crippen LogP contribution < -0.4 is 0 Å². The van der Waals surface area contributed by atoms with Gasteiger partial charge in [0.1, 0.15) is 0 Å². The SMILES string of the molecule is c1cc(-c2cccc(-c3cccc(-c4cccc5c4sc4ccccc45)c3)c2)cc(-c2cccc(-c3ccc4c(c3)c3ccccc3c3ncccc43)c2)c1. The van der Waals surface area contributed by atoms with E-state index >= 15 is 0 Å². The molecule has 11 aromatic rings. The molecule has 0 unspecified atom stereocenters. The number of pyridine rings is 1. The highest BCUT2D eigenvalue weighted by atomic mass is 32.1. The van der Waals surface area contributed by atoms with Crippen LogP contribution in [0.2, 0.25) is 0 Å². The second-order valence-electron chi connectivity index (χ2n) is 14.3. The molecule has 0 bridgehead atoms. The number of thiophene rings is 1. The third kappa shape index (κ3) is 5.42. The summed E-state index contributed by atoms with van der Waals surface area (Å²) < 4.78 is 2.67. The van der Waals surface area contributed by atoms with E-state index in [1.165, 1.54) is 103 Å². The lowest BCUT2D eigenvalue weighted by atomic mass is 9.92. The van der Waals surface area contributed by atoms with Crippen molar-refractivity contribution in [1.82, 2.24) is 4.98 Å². The van der Waals surface area contributed by atoms with Gasteiger partial charge in [0, 0.05) is 37.1 Å². The third-order valence-electron chi connectivity index (χ3n) is 11.1.